The quantitative estimate of drug-likeness (QED) is 0.263. The van der Waals surface area contributed by atoms with Crippen LogP contribution in [-0.4, -0.2) is 29.7 Å². The van der Waals surface area contributed by atoms with E-state index in [4.69, 9.17) is 11.6 Å². The highest BCUT2D eigenvalue weighted by Gasteiger charge is 2.64. The van der Waals surface area contributed by atoms with E-state index < -0.39 is 23.9 Å². The monoisotopic (exact) mass is 504 g/mol. The molecular formula is C31H21ClN2O3. The Labute approximate surface area is 218 Å². The van der Waals surface area contributed by atoms with Gasteiger partial charge in [-0.3, -0.25) is 14.4 Å². The van der Waals surface area contributed by atoms with Crippen molar-refractivity contribution in [2.45, 2.75) is 12.1 Å². The van der Waals surface area contributed by atoms with Crippen LogP contribution >= 0.6 is 11.6 Å². The fraction of sp³-hybridized carbons (Fsp3) is 0.129. The molecule has 3 aliphatic rings. The van der Waals surface area contributed by atoms with Crippen LogP contribution in [0.15, 0.2) is 97.1 Å². The van der Waals surface area contributed by atoms with E-state index in [1.807, 2.05) is 59.5 Å². The number of carbonyl (C=O) groups excluding carboxylic acids is 3. The molecule has 0 saturated carbocycles. The summed E-state index contributed by atoms with van der Waals surface area (Å²) in [6, 6.07) is 26.6. The van der Waals surface area contributed by atoms with Crippen LogP contribution in [0.4, 0.5) is 11.4 Å². The van der Waals surface area contributed by atoms with Gasteiger partial charge in [0, 0.05) is 21.8 Å². The molecule has 4 atom stereocenters. The lowest BCUT2D eigenvalue weighted by Crippen LogP contribution is -2.48. The molecule has 0 aliphatic carbocycles. The van der Waals surface area contributed by atoms with Crippen molar-refractivity contribution in [2.24, 2.45) is 11.8 Å². The number of rotatable bonds is 3. The van der Waals surface area contributed by atoms with Crippen molar-refractivity contribution >= 4 is 57.4 Å². The van der Waals surface area contributed by atoms with Gasteiger partial charge in [-0.15, -0.1) is 0 Å². The van der Waals surface area contributed by atoms with Gasteiger partial charge < -0.3 is 4.90 Å². The predicted molar refractivity (Wildman–Crippen MR) is 145 cm³/mol. The van der Waals surface area contributed by atoms with E-state index in [2.05, 4.69) is 12.1 Å². The third-order valence-electron chi connectivity index (χ3n) is 7.82. The van der Waals surface area contributed by atoms with Crippen molar-refractivity contribution in [1.82, 2.24) is 0 Å². The minimum Gasteiger partial charge on any atom is -0.352 e. The largest absolute Gasteiger partial charge is 0.352 e. The van der Waals surface area contributed by atoms with Crippen LogP contribution in [0.25, 0.3) is 16.8 Å². The van der Waals surface area contributed by atoms with E-state index in [0.717, 1.165) is 22.0 Å². The van der Waals surface area contributed by atoms with Gasteiger partial charge in [0.2, 0.25) is 11.8 Å². The van der Waals surface area contributed by atoms with Crippen LogP contribution in [0.3, 0.4) is 0 Å². The van der Waals surface area contributed by atoms with Crippen molar-refractivity contribution in [3.63, 3.8) is 0 Å². The molecule has 5 nitrogen and oxygen atoms in total. The van der Waals surface area contributed by atoms with Crippen molar-refractivity contribution in [3.05, 3.63) is 113 Å². The number of anilines is 2. The zero-order valence-corrected chi connectivity index (χ0v) is 20.4. The fourth-order valence-electron chi connectivity index (χ4n) is 6.24. The Kier molecular flexibility index (Phi) is 4.85. The van der Waals surface area contributed by atoms with Crippen molar-refractivity contribution in [1.29, 1.82) is 0 Å². The number of amides is 2. The first kappa shape index (κ1) is 22.0. The lowest BCUT2D eigenvalue weighted by Gasteiger charge is -2.37. The number of benzene rings is 4. The van der Waals surface area contributed by atoms with E-state index in [1.54, 1.807) is 36.4 Å². The van der Waals surface area contributed by atoms with Crippen molar-refractivity contribution in [2.75, 3.05) is 9.80 Å². The third kappa shape index (κ3) is 3.14. The molecule has 180 valence electrons. The Balaban J connectivity index is 1.40. The molecule has 2 saturated heterocycles. The van der Waals surface area contributed by atoms with Gasteiger partial charge in [-0.25, -0.2) is 4.90 Å². The fourth-order valence-corrected chi connectivity index (χ4v) is 6.37. The van der Waals surface area contributed by atoms with Crippen molar-refractivity contribution < 1.29 is 14.4 Å². The topological polar surface area (TPSA) is 57.7 Å². The highest BCUT2D eigenvalue weighted by molar-refractivity contribution is 6.31. The van der Waals surface area contributed by atoms with E-state index in [0.29, 0.717) is 16.3 Å². The van der Waals surface area contributed by atoms with Crippen LogP contribution in [0.1, 0.15) is 15.9 Å². The van der Waals surface area contributed by atoms with Crippen molar-refractivity contribution in [3.8, 4) is 0 Å². The Morgan fingerprint density at radius 2 is 1.46 bits per heavy atom. The summed E-state index contributed by atoms with van der Waals surface area (Å²) in [5, 5.41) is 2.68. The Hall–Kier alpha value is -4.22. The van der Waals surface area contributed by atoms with Crippen LogP contribution < -0.4 is 9.80 Å². The van der Waals surface area contributed by atoms with Gasteiger partial charge in [0.25, 0.3) is 0 Å². The summed E-state index contributed by atoms with van der Waals surface area (Å²) in [6.07, 6.45) is 4.02. The first-order valence-corrected chi connectivity index (χ1v) is 12.6. The molecule has 2 amide bonds. The molecule has 0 N–H and O–H groups in total. The van der Waals surface area contributed by atoms with E-state index >= 15 is 0 Å². The van der Waals surface area contributed by atoms with Gasteiger partial charge in [-0.05, 0) is 41.1 Å². The number of hydrogen-bond acceptors (Lipinski definition) is 4. The van der Waals surface area contributed by atoms with Crippen LogP contribution in [0, 0.1) is 11.8 Å². The summed E-state index contributed by atoms with van der Waals surface area (Å²) in [5.41, 5.74) is 2.86. The number of carbonyl (C=O) groups is 3. The molecule has 3 aliphatic heterocycles. The molecule has 2 fully saturated rings. The number of ketones is 1. The van der Waals surface area contributed by atoms with Gasteiger partial charge in [0.05, 0.1) is 23.6 Å². The highest BCUT2D eigenvalue weighted by atomic mass is 35.5. The molecule has 4 aromatic carbocycles. The lowest BCUT2D eigenvalue weighted by molar-refractivity contribution is -0.122. The first-order chi connectivity index (χ1) is 18.0. The minimum absolute atomic E-state index is 0.161. The molecule has 0 spiro atoms. The summed E-state index contributed by atoms with van der Waals surface area (Å²) in [6.45, 7) is 0. The molecule has 0 bridgehead atoms. The maximum atomic E-state index is 14.1. The number of fused-ring (bicyclic) bond motifs is 7. The summed E-state index contributed by atoms with van der Waals surface area (Å²) in [7, 11) is 0. The minimum atomic E-state index is -0.809. The number of Topliss-reactive ketones (excluding diaryl/α,β-unsaturated/α-hetero) is 1. The zero-order valence-electron chi connectivity index (χ0n) is 19.6. The maximum absolute atomic E-state index is 14.1. The predicted octanol–water partition coefficient (Wildman–Crippen LogP) is 5.77. The zero-order chi connectivity index (χ0) is 25.3. The number of imide groups is 1. The lowest BCUT2D eigenvalue weighted by atomic mass is 9.86. The summed E-state index contributed by atoms with van der Waals surface area (Å²) < 4.78 is 0. The van der Waals surface area contributed by atoms with Crippen LogP contribution in [-0.2, 0) is 9.59 Å². The Morgan fingerprint density at radius 3 is 2.24 bits per heavy atom. The molecule has 7 rings (SSSR count). The van der Waals surface area contributed by atoms with E-state index in [1.165, 1.54) is 4.90 Å². The van der Waals surface area contributed by atoms with E-state index in [9.17, 15) is 14.4 Å². The van der Waals surface area contributed by atoms with E-state index in [-0.39, 0.29) is 17.6 Å². The number of hydrogen-bond donors (Lipinski definition) is 0. The maximum Gasteiger partial charge on any atom is 0.240 e. The van der Waals surface area contributed by atoms with Crippen LogP contribution in [0.5, 0.6) is 0 Å². The summed E-state index contributed by atoms with van der Waals surface area (Å²) in [4.78, 5) is 45.2. The summed E-state index contributed by atoms with van der Waals surface area (Å²) >= 11 is 6.05. The Morgan fingerprint density at radius 1 is 0.757 bits per heavy atom. The van der Waals surface area contributed by atoms with Crippen LogP contribution in [0.2, 0.25) is 5.02 Å². The van der Waals surface area contributed by atoms with Gasteiger partial charge in [-0.1, -0.05) is 84.4 Å². The molecule has 4 aromatic rings. The molecule has 0 unspecified atom stereocenters. The molecule has 3 heterocycles. The second-order valence-corrected chi connectivity index (χ2v) is 10.1. The second-order valence-electron chi connectivity index (χ2n) is 9.69. The molecule has 6 heteroatoms. The number of nitrogens with zero attached hydrogens (tertiary/aromatic N) is 2. The molecule has 0 aromatic heterocycles. The SMILES string of the molecule is O=C(c1ccccc1)[C@@H]1[C@@H]2C(=O)N(c3ccc(Cl)cc3)C(=O)[C@@H]2[C@@H]2C=Cc3c(ccc4ccccc34)N12. The molecular weight excluding hydrogens is 484 g/mol. The van der Waals surface area contributed by atoms with Gasteiger partial charge in [-0.2, -0.15) is 0 Å². The number of halogens is 1. The average Bonchev–Trinajstić information content (AvgIpc) is 3.41. The van der Waals surface area contributed by atoms with Gasteiger partial charge in [0.1, 0.15) is 6.04 Å². The summed E-state index contributed by atoms with van der Waals surface area (Å²) in [5.74, 6) is -2.27. The average molecular weight is 505 g/mol. The van der Waals surface area contributed by atoms with Gasteiger partial charge in [0.15, 0.2) is 5.78 Å². The highest BCUT2D eigenvalue weighted by Crippen LogP contribution is 2.50. The Bertz CT molecular complexity index is 1630. The second kappa shape index (κ2) is 8.15. The smallest absolute Gasteiger partial charge is 0.240 e. The molecule has 37 heavy (non-hydrogen) atoms. The normalized spacial score (nSPS) is 23.8. The first-order valence-electron chi connectivity index (χ1n) is 12.3. The molecule has 0 radical (unpaired) electrons. The third-order valence-corrected chi connectivity index (χ3v) is 8.08. The van der Waals surface area contributed by atoms with Gasteiger partial charge >= 0.3 is 0 Å². The standard InChI is InChI=1S/C31H21ClN2O3/c32-20-11-13-21(14-12-20)33-30(36)26-25-17-15-23-22-9-5-4-6-18(22)10-16-24(23)34(25)28(27(26)31(33)37)29(35)19-7-2-1-3-8-19/h1-17,25-28H/t25-,26+,27+,28-/m0/s1.